The fourth-order valence-corrected chi connectivity index (χ4v) is 4.56. The van der Waals surface area contributed by atoms with Crippen LogP contribution in [-0.4, -0.2) is 51.8 Å². The van der Waals surface area contributed by atoms with E-state index in [1.165, 1.54) is 0 Å². The molecule has 1 aliphatic heterocycles. The number of nitrogens with zero attached hydrogens (tertiary/aromatic N) is 3. The zero-order valence-corrected chi connectivity index (χ0v) is 12.8. The zero-order valence-electron chi connectivity index (χ0n) is 11.2. The molecule has 1 atom stereocenters. The standard InChI is InChI=1S/C12H12FN3O4S2/c13-10(12(17)18)8-4-16(5-8)22(19,20)6-7-2-1-3-9-11(7)15-21-14-9/h1-3,8,10H,4-6H2,(H,17,18). The molecule has 118 valence electrons. The molecule has 0 radical (unpaired) electrons. The van der Waals surface area contributed by atoms with E-state index in [1.54, 1.807) is 18.2 Å². The zero-order chi connectivity index (χ0) is 15.9. The van der Waals surface area contributed by atoms with Gasteiger partial charge in [0.15, 0.2) is 0 Å². The summed E-state index contributed by atoms with van der Waals surface area (Å²) in [4.78, 5) is 10.5. The minimum atomic E-state index is -3.63. The Hall–Kier alpha value is -1.65. The molecule has 1 aromatic heterocycles. The molecular formula is C12H12FN3O4S2. The highest BCUT2D eigenvalue weighted by atomic mass is 32.2. The summed E-state index contributed by atoms with van der Waals surface area (Å²) in [6, 6.07) is 5.11. The molecule has 2 aromatic rings. The van der Waals surface area contributed by atoms with E-state index in [9.17, 15) is 17.6 Å². The van der Waals surface area contributed by atoms with Crippen molar-refractivity contribution in [3.05, 3.63) is 23.8 Å². The second kappa shape index (κ2) is 5.52. The number of sulfonamides is 1. The molecule has 0 saturated carbocycles. The van der Waals surface area contributed by atoms with Crippen LogP contribution < -0.4 is 0 Å². The monoisotopic (exact) mass is 345 g/mol. The molecule has 0 spiro atoms. The van der Waals surface area contributed by atoms with Gasteiger partial charge in [0.1, 0.15) is 11.0 Å². The van der Waals surface area contributed by atoms with Crippen molar-refractivity contribution < 1.29 is 22.7 Å². The number of hydrogen-bond donors (Lipinski definition) is 1. The number of fused-ring (bicyclic) bond motifs is 1. The summed E-state index contributed by atoms with van der Waals surface area (Å²) in [6.45, 7) is -0.220. The molecule has 0 amide bonds. The van der Waals surface area contributed by atoms with Gasteiger partial charge in [-0.15, -0.1) is 0 Å². The second-order valence-electron chi connectivity index (χ2n) is 5.12. The van der Waals surface area contributed by atoms with Crippen molar-refractivity contribution >= 4 is 38.8 Å². The van der Waals surface area contributed by atoms with Gasteiger partial charge in [0, 0.05) is 19.0 Å². The first-order chi connectivity index (χ1) is 10.4. The first-order valence-electron chi connectivity index (χ1n) is 6.43. The van der Waals surface area contributed by atoms with E-state index in [0.717, 1.165) is 16.0 Å². The van der Waals surface area contributed by atoms with Crippen LogP contribution in [0.25, 0.3) is 11.0 Å². The lowest BCUT2D eigenvalue weighted by Gasteiger charge is -2.38. The Morgan fingerprint density at radius 1 is 1.45 bits per heavy atom. The molecule has 0 bridgehead atoms. The molecular weight excluding hydrogens is 333 g/mol. The Kier molecular flexibility index (Phi) is 3.83. The molecule has 1 saturated heterocycles. The fourth-order valence-electron chi connectivity index (χ4n) is 2.35. The summed E-state index contributed by atoms with van der Waals surface area (Å²) in [5.74, 6) is -2.60. The van der Waals surface area contributed by atoms with Crippen LogP contribution in [0, 0.1) is 5.92 Å². The van der Waals surface area contributed by atoms with Gasteiger partial charge in [-0.3, -0.25) is 0 Å². The van der Waals surface area contributed by atoms with Crippen molar-refractivity contribution in [2.45, 2.75) is 11.9 Å². The average molecular weight is 345 g/mol. The molecule has 1 aromatic carbocycles. The van der Waals surface area contributed by atoms with Crippen LogP contribution in [0.3, 0.4) is 0 Å². The highest BCUT2D eigenvalue weighted by molar-refractivity contribution is 7.88. The number of carbonyl (C=O) groups is 1. The number of carboxylic acids is 1. The Morgan fingerprint density at radius 2 is 2.18 bits per heavy atom. The first kappa shape index (κ1) is 15.3. The highest BCUT2D eigenvalue weighted by Gasteiger charge is 2.43. The van der Waals surface area contributed by atoms with Crippen molar-refractivity contribution in [1.29, 1.82) is 0 Å². The van der Waals surface area contributed by atoms with E-state index >= 15 is 0 Å². The van der Waals surface area contributed by atoms with Crippen LogP contribution in [0.5, 0.6) is 0 Å². The number of alkyl halides is 1. The minimum absolute atomic E-state index is 0.110. The molecule has 1 unspecified atom stereocenters. The van der Waals surface area contributed by atoms with E-state index in [1.807, 2.05) is 0 Å². The number of halogens is 1. The second-order valence-corrected chi connectivity index (χ2v) is 7.62. The maximum absolute atomic E-state index is 13.3. The van der Waals surface area contributed by atoms with Gasteiger partial charge in [-0.05, 0) is 11.6 Å². The Balaban J connectivity index is 1.73. The van der Waals surface area contributed by atoms with Gasteiger partial charge in [-0.2, -0.15) is 8.75 Å². The average Bonchev–Trinajstić information content (AvgIpc) is 2.85. The Bertz CT molecular complexity index is 817. The minimum Gasteiger partial charge on any atom is -0.479 e. The van der Waals surface area contributed by atoms with E-state index in [4.69, 9.17) is 5.11 Å². The van der Waals surface area contributed by atoms with Gasteiger partial charge in [0.2, 0.25) is 16.2 Å². The van der Waals surface area contributed by atoms with Crippen LogP contribution in [-0.2, 0) is 20.6 Å². The van der Waals surface area contributed by atoms with Gasteiger partial charge in [0.25, 0.3) is 0 Å². The van der Waals surface area contributed by atoms with Crippen molar-refractivity contribution in [1.82, 2.24) is 13.1 Å². The van der Waals surface area contributed by atoms with Gasteiger partial charge in [-0.25, -0.2) is 21.9 Å². The quantitative estimate of drug-likeness (QED) is 0.863. The largest absolute Gasteiger partial charge is 0.479 e. The summed E-state index contributed by atoms with van der Waals surface area (Å²) < 4.78 is 47.1. The molecule has 1 N–H and O–H groups in total. The number of hydrogen-bond acceptors (Lipinski definition) is 6. The van der Waals surface area contributed by atoms with Gasteiger partial charge in [-0.1, -0.05) is 12.1 Å². The summed E-state index contributed by atoms with van der Waals surface area (Å²) in [5, 5.41) is 8.58. The number of carboxylic acid groups (broad SMARTS) is 1. The lowest BCUT2D eigenvalue weighted by molar-refractivity contribution is -0.146. The van der Waals surface area contributed by atoms with Gasteiger partial charge in [0.05, 0.1) is 17.5 Å². The van der Waals surface area contributed by atoms with Crippen molar-refractivity contribution in [2.24, 2.45) is 5.92 Å². The van der Waals surface area contributed by atoms with Crippen molar-refractivity contribution in [2.75, 3.05) is 13.1 Å². The molecule has 10 heteroatoms. The molecule has 0 aliphatic carbocycles. The van der Waals surface area contributed by atoms with Crippen LogP contribution in [0.1, 0.15) is 5.56 Å². The summed E-state index contributed by atoms with van der Waals surface area (Å²) in [7, 11) is -3.63. The number of benzene rings is 1. The Labute approximate surface area is 129 Å². The third-order valence-corrected chi connectivity index (χ3v) is 5.93. The normalized spacial score (nSPS) is 18.2. The molecule has 2 heterocycles. The summed E-state index contributed by atoms with van der Waals surface area (Å²) in [5.41, 5.74) is 1.71. The smallest absolute Gasteiger partial charge is 0.338 e. The van der Waals surface area contributed by atoms with E-state index in [-0.39, 0.29) is 18.8 Å². The lowest BCUT2D eigenvalue weighted by Crippen LogP contribution is -2.55. The Morgan fingerprint density at radius 3 is 2.86 bits per heavy atom. The maximum atomic E-state index is 13.3. The summed E-state index contributed by atoms with van der Waals surface area (Å²) in [6.07, 6.45) is -2.03. The van der Waals surface area contributed by atoms with E-state index in [0.29, 0.717) is 16.6 Å². The molecule has 3 rings (SSSR count). The lowest BCUT2D eigenvalue weighted by atomic mass is 9.98. The fraction of sp³-hybridized carbons (Fsp3) is 0.417. The topological polar surface area (TPSA) is 100 Å². The molecule has 1 aliphatic rings. The van der Waals surface area contributed by atoms with Gasteiger partial charge >= 0.3 is 5.97 Å². The van der Waals surface area contributed by atoms with Crippen molar-refractivity contribution in [3.8, 4) is 0 Å². The van der Waals surface area contributed by atoms with Crippen LogP contribution in [0.2, 0.25) is 0 Å². The van der Waals surface area contributed by atoms with Crippen LogP contribution in [0.4, 0.5) is 4.39 Å². The highest BCUT2D eigenvalue weighted by Crippen LogP contribution is 2.28. The number of rotatable bonds is 5. The molecule has 22 heavy (non-hydrogen) atoms. The van der Waals surface area contributed by atoms with E-state index in [2.05, 4.69) is 8.75 Å². The number of aliphatic carboxylic acids is 1. The molecule has 1 fully saturated rings. The SMILES string of the molecule is O=C(O)C(F)C1CN(S(=O)(=O)Cc2cccc3nsnc23)C1. The first-order valence-corrected chi connectivity index (χ1v) is 8.77. The van der Waals surface area contributed by atoms with Gasteiger partial charge < -0.3 is 5.11 Å². The van der Waals surface area contributed by atoms with E-state index < -0.39 is 28.1 Å². The predicted octanol–water partition coefficient (Wildman–Crippen LogP) is 0.876. The maximum Gasteiger partial charge on any atom is 0.338 e. The van der Waals surface area contributed by atoms with Crippen LogP contribution in [0.15, 0.2) is 18.2 Å². The van der Waals surface area contributed by atoms with Crippen molar-refractivity contribution in [3.63, 3.8) is 0 Å². The predicted molar refractivity (Wildman–Crippen MR) is 77.6 cm³/mol. The van der Waals surface area contributed by atoms with Crippen LogP contribution >= 0.6 is 11.7 Å². The summed E-state index contributed by atoms with van der Waals surface area (Å²) >= 11 is 1.01. The third kappa shape index (κ3) is 2.69. The molecule has 7 nitrogen and oxygen atoms in total. The number of aromatic nitrogens is 2. The third-order valence-electron chi connectivity index (χ3n) is 3.63.